The van der Waals surface area contributed by atoms with Gasteiger partial charge < -0.3 is 28.4 Å². The van der Waals surface area contributed by atoms with E-state index < -0.39 is 89.1 Å². The summed E-state index contributed by atoms with van der Waals surface area (Å²) in [5.74, 6) is -8.74. The maximum atomic E-state index is 13.7. The molecule has 0 aromatic carbocycles. The number of ether oxygens (including phenoxy) is 6. The van der Waals surface area contributed by atoms with Gasteiger partial charge in [0.25, 0.3) is 0 Å². The summed E-state index contributed by atoms with van der Waals surface area (Å²) in [4.78, 5) is 78.7. The molecule has 4 atom stereocenters. The maximum absolute atomic E-state index is 13.7. The van der Waals surface area contributed by atoms with E-state index in [-0.39, 0.29) is 18.6 Å². The predicted octanol–water partition coefficient (Wildman–Crippen LogP) is 5.20. The lowest BCUT2D eigenvalue weighted by Crippen LogP contribution is -2.47. The van der Waals surface area contributed by atoms with E-state index in [1.54, 1.807) is 21.0 Å². The summed E-state index contributed by atoms with van der Waals surface area (Å²) in [5.41, 5.74) is -2.63. The van der Waals surface area contributed by atoms with Crippen LogP contribution in [-0.2, 0) is 57.2 Å². The lowest BCUT2D eigenvalue weighted by Gasteiger charge is -2.38. The highest BCUT2D eigenvalue weighted by Gasteiger charge is 2.50. The van der Waals surface area contributed by atoms with Crippen LogP contribution in [0.2, 0.25) is 0 Å². The van der Waals surface area contributed by atoms with Crippen molar-refractivity contribution in [2.75, 3.05) is 20.3 Å². The van der Waals surface area contributed by atoms with Crippen LogP contribution in [-0.4, -0.2) is 78.4 Å². The molecule has 0 saturated heterocycles. The van der Waals surface area contributed by atoms with Gasteiger partial charge in [-0.2, -0.15) is 0 Å². The molecular weight excluding hydrogens is 624 g/mol. The first-order valence-electron chi connectivity index (χ1n) is 17.3. The van der Waals surface area contributed by atoms with Gasteiger partial charge in [0.15, 0.2) is 13.2 Å². The fourth-order valence-corrected chi connectivity index (χ4v) is 7.07. The molecule has 4 unspecified atom stereocenters. The first-order valence-corrected chi connectivity index (χ1v) is 17.3. The Bertz CT molecular complexity index is 1190. The van der Waals surface area contributed by atoms with Gasteiger partial charge in [0.2, 0.25) is 0 Å². The Labute approximate surface area is 284 Å². The van der Waals surface area contributed by atoms with Gasteiger partial charge in [-0.05, 0) is 126 Å². The molecule has 0 N–H and O–H groups in total. The number of rotatable bonds is 15. The second kappa shape index (κ2) is 16.1. The number of hydrogen-bond acceptors (Lipinski definition) is 12. The van der Waals surface area contributed by atoms with E-state index in [1.807, 2.05) is 27.7 Å². The van der Waals surface area contributed by atoms with Gasteiger partial charge in [0.05, 0.1) is 23.4 Å². The maximum Gasteiger partial charge on any atom is 0.344 e. The molecule has 272 valence electrons. The summed E-state index contributed by atoms with van der Waals surface area (Å²) in [6.45, 7) is 11.0. The number of methoxy groups -OCH3 is 1. The number of Topliss-reactive ketones (excluding diaryl/α,β-unsaturated/α-hetero) is 1. The predicted molar refractivity (Wildman–Crippen MR) is 172 cm³/mol. The highest BCUT2D eigenvalue weighted by atomic mass is 16.6. The fourth-order valence-electron chi connectivity index (χ4n) is 7.07. The summed E-state index contributed by atoms with van der Waals surface area (Å²) in [6, 6.07) is 0. The highest BCUT2D eigenvalue weighted by Crippen LogP contribution is 2.42. The van der Waals surface area contributed by atoms with E-state index in [4.69, 9.17) is 28.4 Å². The monoisotopic (exact) mass is 680 g/mol. The van der Waals surface area contributed by atoms with Crippen LogP contribution < -0.4 is 0 Å². The van der Waals surface area contributed by atoms with Crippen molar-refractivity contribution in [3.63, 3.8) is 0 Å². The Balaban J connectivity index is 1.76. The van der Waals surface area contributed by atoms with Crippen LogP contribution in [0, 0.1) is 23.7 Å². The van der Waals surface area contributed by atoms with Crippen LogP contribution in [0.4, 0.5) is 0 Å². The molecular formula is C36H56O12. The number of carbonyl (C=O) groups excluding carboxylic acids is 6. The Morgan fingerprint density at radius 2 is 0.979 bits per heavy atom. The largest absolute Gasteiger partial charge is 0.459 e. The van der Waals surface area contributed by atoms with Crippen molar-refractivity contribution in [1.29, 1.82) is 0 Å². The van der Waals surface area contributed by atoms with E-state index in [0.717, 1.165) is 38.5 Å². The van der Waals surface area contributed by atoms with Crippen molar-refractivity contribution in [3.05, 3.63) is 0 Å². The Hall–Kier alpha value is -3.02. The number of hydrogen-bond donors (Lipinski definition) is 0. The van der Waals surface area contributed by atoms with Gasteiger partial charge in [-0.15, -0.1) is 0 Å². The molecule has 3 saturated carbocycles. The number of ketones is 1. The van der Waals surface area contributed by atoms with Gasteiger partial charge in [-0.25, -0.2) is 9.59 Å². The average molecular weight is 681 g/mol. The van der Waals surface area contributed by atoms with Gasteiger partial charge in [0.1, 0.15) is 22.6 Å². The molecule has 12 nitrogen and oxygen atoms in total. The van der Waals surface area contributed by atoms with Gasteiger partial charge in [-0.3, -0.25) is 19.2 Å². The van der Waals surface area contributed by atoms with Gasteiger partial charge in [-0.1, -0.05) is 0 Å². The zero-order valence-corrected chi connectivity index (χ0v) is 30.1. The minimum atomic E-state index is -1.23. The SMILES string of the molecule is COC(C)(C)CCC(C)(C)OC(=O)C1CC(C(C)=O)C(C(=O)OCC(=O)OC2(C)CCCC2)CC1C(=O)OCC(=O)OC1(C)CCCC1. The first-order chi connectivity index (χ1) is 22.3. The summed E-state index contributed by atoms with van der Waals surface area (Å²) < 4.78 is 33.2. The van der Waals surface area contributed by atoms with Crippen LogP contribution in [0.5, 0.6) is 0 Å². The van der Waals surface area contributed by atoms with E-state index >= 15 is 0 Å². The number of carbonyl (C=O) groups is 6. The second-order valence-corrected chi connectivity index (χ2v) is 15.6. The molecule has 0 amide bonds. The van der Waals surface area contributed by atoms with E-state index in [2.05, 4.69) is 0 Å². The Morgan fingerprint density at radius 3 is 1.40 bits per heavy atom. The molecule has 12 heteroatoms. The lowest BCUT2D eigenvalue weighted by atomic mass is 9.67. The molecule has 3 fully saturated rings. The molecule has 0 bridgehead atoms. The third kappa shape index (κ3) is 11.3. The third-order valence-corrected chi connectivity index (χ3v) is 10.4. The van der Waals surface area contributed by atoms with Crippen LogP contribution >= 0.6 is 0 Å². The quantitative estimate of drug-likeness (QED) is 0.165. The second-order valence-electron chi connectivity index (χ2n) is 15.6. The average Bonchev–Trinajstić information content (AvgIpc) is 3.64. The first kappa shape index (κ1) is 39.4. The summed E-state index contributed by atoms with van der Waals surface area (Å²) in [5, 5.41) is 0. The summed E-state index contributed by atoms with van der Waals surface area (Å²) in [7, 11) is 1.60. The number of esters is 5. The van der Waals surface area contributed by atoms with E-state index in [1.165, 1.54) is 6.92 Å². The normalized spacial score (nSPS) is 25.1. The van der Waals surface area contributed by atoms with Crippen molar-refractivity contribution in [2.45, 2.75) is 148 Å². The van der Waals surface area contributed by atoms with E-state index in [9.17, 15) is 28.8 Å². The van der Waals surface area contributed by atoms with Gasteiger partial charge in [0, 0.05) is 13.0 Å². The topological polar surface area (TPSA) is 158 Å². The molecule has 3 aliphatic carbocycles. The lowest BCUT2D eigenvalue weighted by molar-refractivity contribution is -0.182. The smallest absolute Gasteiger partial charge is 0.344 e. The molecule has 48 heavy (non-hydrogen) atoms. The molecule has 0 aliphatic heterocycles. The van der Waals surface area contributed by atoms with Crippen molar-refractivity contribution in [3.8, 4) is 0 Å². The van der Waals surface area contributed by atoms with Crippen LogP contribution in [0.1, 0.15) is 126 Å². The van der Waals surface area contributed by atoms with Gasteiger partial charge >= 0.3 is 29.8 Å². The van der Waals surface area contributed by atoms with Crippen LogP contribution in [0.25, 0.3) is 0 Å². The standard InChI is InChI=1S/C36H56O12/c1-23(37)24-19-27(32(42)48-34(4,5)18-17-33(2,3)43-8)26(31(41)45-22-29(39)47-36(7)15-11-12-16-36)20-25(24)30(40)44-21-28(38)46-35(6)13-9-10-14-35/h24-27H,9-22H2,1-8H3. The molecule has 3 aliphatic rings. The highest BCUT2D eigenvalue weighted by molar-refractivity contribution is 5.90. The van der Waals surface area contributed by atoms with Crippen molar-refractivity contribution in [2.24, 2.45) is 23.7 Å². The molecule has 0 spiro atoms. The molecule has 3 rings (SSSR count). The van der Waals surface area contributed by atoms with Crippen molar-refractivity contribution < 1.29 is 57.2 Å². The van der Waals surface area contributed by atoms with Crippen LogP contribution in [0.15, 0.2) is 0 Å². The zero-order valence-electron chi connectivity index (χ0n) is 30.1. The van der Waals surface area contributed by atoms with Crippen LogP contribution in [0.3, 0.4) is 0 Å². The molecule has 0 aromatic rings. The molecule has 0 radical (unpaired) electrons. The molecule has 0 heterocycles. The minimum Gasteiger partial charge on any atom is -0.459 e. The van der Waals surface area contributed by atoms with E-state index in [0.29, 0.717) is 25.7 Å². The Kier molecular flexibility index (Phi) is 13.2. The third-order valence-electron chi connectivity index (χ3n) is 10.4. The van der Waals surface area contributed by atoms with Crippen molar-refractivity contribution >= 4 is 35.6 Å². The van der Waals surface area contributed by atoms with Crippen molar-refractivity contribution in [1.82, 2.24) is 0 Å². The fraction of sp³-hybridized carbons (Fsp3) is 0.833. The summed E-state index contributed by atoms with van der Waals surface area (Å²) in [6.07, 6.45) is 7.16. The minimum absolute atomic E-state index is 0.182. The zero-order chi connectivity index (χ0) is 35.9. The molecule has 0 aromatic heterocycles. The Morgan fingerprint density at radius 1 is 0.604 bits per heavy atom. The summed E-state index contributed by atoms with van der Waals surface area (Å²) >= 11 is 0.